The topological polar surface area (TPSA) is 18.5 Å². The molecule has 0 amide bonds. The zero-order valence-electron chi connectivity index (χ0n) is 18.7. The molecule has 5 aromatic rings. The minimum atomic E-state index is -0.827. The fourth-order valence-corrected chi connectivity index (χ4v) is 4.89. The Morgan fingerprint density at radius 3 is 1.21 bits per heavy atom. The highest BCUT2D eigenvalue weighted by Crippen LogP contribution is 2.51. The van der Waals surface area contributed by atoms with Gasteiger partial charge in [0.05, 0.1) is 0 Å². The van der Waals surface area contributed by atoms with Crippen molar-refractivity contribution in [1.82, 2.24) is 0 Å². The van der Waals surface area contributed by atoms with Crippen LogP contribution < -0.4 is 4.74 Å². The van der Waals surface area contributed by atoms with Gasteiger partial charge in [-0.25, -0.2) is 0 Å². The lowest BCUT2D eigenvalue weighted by molar-refractivity contribution is -0.0331. The maximum absolute atomic E-state index is 7.41. The summed E-state index contributed by atoms with van der Waals surface area (Å²) in [4.78, 5) is 0. The Morgan fingerprint density at radius 2 is 0.794 bits per heavy atom. The Morgan fingerprint density at radius 1 is 0.441 bits per heavy atom. The third kappa shape index (κ3) is 3.40. The van der Waals surface area contributed by atoms with Crippen molar-refractivity contribution in [1.29, 1.82) is 0 Å². The van der Waals surface area contributed by atoms with E-state index in [1.165, 1.54) is 0 Å². The molecule has 0 fully saturated rings. The zero-order chi connectivity index (χ0) is 22.8. The predicted octanol–water partition coefficient (Wildman–Crippen LogP) is 7.89. The van der Waals surface area contributed by atoms with Crippen LogP contribution in [0.2, 0.25) is 0 Å². The van der Waals surface area contributed by atoms with Crippen LogP contribution in [0.5, 0.6) is 11.5 Å². The number of ether oxygens (including phenoxy) is 2. The Kier molecular flexibility index (Phi) is 5.21. The lowest BCUT2D eigenvalue weighted by Crippen LogP contribution is -2.35. The van der Waals surface area contributed by atoms with Gasteiger partial charge in [0.15, 0.2) is 0 Å². The molecule has 0 spiro atoms. The number of hydrogen-bond acceptors (Lipinski definition) is 2. The van der Waals surface area contributed by atoms with Gasteiger partial charge in [-0.2, -0.15) is 0 Å². The molecule has 34 heavy (non-hydrogen) atoms. The molecule has 0 N–H and O–H groups in total. The highest BCUT2D eigenvalue weighted by atomic mass is 16.5. The quantitative estimate of drug-likeness (QED) is 0.259. The van der Waals surface area contributed by atoms with Crippen molar-refractivity contribution in [2.75, 3.05) is 0 Å². The largest absolute Gasteiger partial charge is 0.457 e. The summed E-state index contributed by atoms with van der Waals surface area (Å²) in [5.74, 6) is 1.66. The highest BCUT2D eigenvalue weighted by molar-refractivity contribution is 5.54. The van der Waals surface area contributed by atoms with Crippen molar-refractivity contribution in [2.24, 2.45) is 0 Å². The Balaban J connectivity index is 1.63. The zero-order valence-corrected chi connectivity index (χ0v) is 18.7. The molecule has 0 bridgehead atoms. The second-order valence-corrected chi connectivity index (χ2v) is 8.45. The molecule has 0 atom stereocenters. The van der Waals surface area contributed by atoms with Crippen molar-refractivity contribution in [3.63, 3.8) is 0 Å². The summed E-state index contributed by atoms with van der Waals surface area (Å²) < 4.78 is 13.7. The molecule has 5 aromatic carbocycles. The van der Waals surface area contributed by atoms with E-state index in [4.69, 9.17) is 9.47 Å². The summed E-state index contributed by atoms with van der Waals surface area (Å²) >= 11 is 0. The molecular weight excluding hydrogens is 416 g/mol. The average molecular weight is 441 g/mol. The van der Waals surface area contributed by atoms with Crippen molar-refractivity contribution >= 4 is 0 Å². The van der Waals surface area contributed by atoms with Crippen molar-refractivity contribution in [2.45, 2.75) is 11.7 Å². The fraction of sp³-hybridized carbons (Fsp3) is 0.0625. The molecule has 0 unspecified atom stereocenters. The normalized spacial score (nSPS) is 12.9. The second-order valence-electron chi connectivity index (χ2n) is 8.45. The molecule has 0 saturated carbocycles. The molecule has 1 aliphatic heterocycles. The van der Waals surface area contributed by atoms with Crippen molar-refractivity contribution in [3.8, 4) is 11.5 Å². The van der Waals surface area contributed by atoms with E-state index in [9.17, 15) is 0 Å². The van der Waals surface area contributed by atoms with E-state index in [1.54, 1.807) is 0 Å². The van der Waals surface area contributed by atoms with Gasteiger partial charge in [0.2, 0.25) is 0 Å². The molecule has 6 rings (SSSR count). The number of fused-ring (bicyclic) bond motifs is 2. The van der Waals surface area contributed by atoms with Crippen LogP contribution >= 0.6 is 0 Å². The monoisotopic (exact) mass is 440 g/mol. The van der Waals surface area contributed by atoms with Gasteiger partial charge in [-0.05, 0) is 28.8 Å². The van der Waals surface area contributed by atoms with Crippen molar-refractivity contribution < 1.29 is 9.47 Å². The smallest absolute Gasteiger partial charge is 0.145 e. The Hall–Kier alpha value is -4.14. The molecule has 0 aliphatic carbocycles. The van der Waals surface area contributed by atoms with E-state index < -0.39 is 5.60 Å². The number of rotatable bonds is 5. The van der Waals surface area contributed by atoms with Crippen LogP contribution in [0.1, 0.15) is 33.9 Å². The molecule has 2 heteroatoms. The number of para-hydroxylation sites is 2. The molecule has 2 nitrogen and oxygen atoms in total. The van der Waals surface area contributed by atoms with Crippen LogP contribution in [0.25, 0.3) is 0 Å². The van der Waals surface area contributed by atoms with Gasteiger partial charge >= 0.3 is 0 Å². The SMILES string of the molecule is c1ccc(C(OC2c3ccccc3Oc3ccccc32)(c2ccccc2)c2ccccc2)cc1. The van der Waals surface area contributed by atoms with Gasteiger partial charge in [0, 0.05) is 11.1 Å². The summed E-state index contributed by atoms with van der Waals surface area (Å²) in [6.07, 6.45) is -0.318. The molecule has 0 aromatic heterocycles. The first-order valence-electron chi connectivity index (χ1n) is 11.6. The third-order valence-corrected chi connectivity index (χ3v) is 6.46. The molecular formula is C32H24O2. The van der Waals surface area contributed by atoms with Crippen LogP contribution in [0, 0.1) is 0 Å². The van der Waals surface area contributed by atoms with Crippen LogP contribution in [-0.4, -0.2) is 0 Å². The summed E-state index contributed by atoms with van der Waals surface area (Å²) in [5.41, 5.74) is 4.45. The number of hydrogen-bond donors (Lipinski definition) is 0. The summed E-state index contributed by atoms with van der Waals surface area (Å²) in [6, 6.07) is 47.8. The van der Waals surface area contributed by atoms with Crippen LogP contribution in [0.3, 0.4) is 0 Å². The van der Waals surface area contributed by atoms with Crippen LogP contribution in [-0.2, 0) is 10.3 Å². The highest BCUT2D eigenvalue weighted by Gasteiger charge is 2.42. The van der Waals surface area contributed by atoms with Gasteiger partial charge in [0.1, 0.15) is 23.2 Å². The minimum absolute atomic E-state index is 0.318. The summed E-state index contributed by atoms with van der Waals surface area (Å²) in [7, 11) is 0. The van der Waals surface area contributed by atoms with Crippen LogP contribution in [0.15, 0.2) is 140 Å². The maximum Gasteiger partial charge on any atom is 0.145 e. The van der Waals surface area contributed by atoms with Gasteiger partial charge in [-0.1, -0.05) is 127 Å². The van der Waals surface area contributed by atoms with E-state index in [1.807, 2.05) is 54.6 Å². The van der Waals surface area contributed by atoms with Gasteiger partial charge in [0.25, 0.3) is 0 Å². The first kappa shape index (κ1) is 20.5. The standard InChI is InChI=1S/C32H24O2/c1-4-14-24(15-5-1)32(25-16-6-2-7-17-25,26-18-8-3-9-19-26)34-31-27-20-10-12-22-29(27)33-30-23-13-11-21-28(30)31/h1-23,31H. The third-order valence-electron chi connectivity index (χ3n) is 6.46. The number of benzene rings is 5. The molecule has 164 valence electrons. The second kappa shape index (κ2) is 8.66. The lowest BCUT2D eigenvalue weighted by Gasteiger charge is -2.41. The van der Waals surface area contributed by atoms with Gasteiger partial charge in [-0.3, -0.25) is 0 Å². The van der Waals surface area contributed by atoms with Gasteiger partial charge in [-0.15, -0.1) is 0 Å². The predicted molar refractivity (Wildman–Crippen MR) is 135 cm³/mol. The summed E-state index contributed by atoms with van der Waals surface area (Å²) in [6.45, 7) is 0. The fourth-order valence-electron chi connectivity index (χ4n) is 4.89. The van der Waals surface area contributed by atoms with E-state index in [0.29, 0.717) is 0 Å². The molecule has 0 radical (unpaired) electrons. The first-order valence-corrected chi connectivity index (χ1v) is 11.6. The molecule has 1 heterocycles. The van der Waals surface area contributed by atoms with Gasteiger partial charge < -0.3 is 9.47 Å². The Labute approximate surface area is 200 Å². The minimum Gasteiger partial charge on any atom is -0.457 e. The Bertz CT molecular complexity index is 1250. The van der Waals surface area contributed by atoms with E-state index in [0.717, 1.165) is 39.3 Å². The first-order chi connectivity index (χ1) is 16.9. The van der Waals surface area contributed by atoms with Crippen molar-refractivity contribution in [3.05, 3.63) is 167 Å². The van der Waals surface area contributed by atoms with Crippen LogP contribution in [0.4, 0.5) is 0 Å². The summed E-state index contributed by atoms with van der Waals surface area (Å²) in [5, 5.41) is 0. The van der Waals surface area contributed by atoms with E-state index in [-0.39, 0.29) is 6.10 Å². The lowest BCUT2D eigenvalue weighted by atomic mass is 9.79. The average Bonchev–Trinajstić information content (AvgIpc) is 2.93. The molecule has 1 aliphatic rings. The van der Waals surface area contributed by atoms with E-state index >= 15 is 0 Å². The maximum atomic E-state index is 7.41. The molecule has 0 saturated heterocycles. The van der Waals surface area contributed by atoms with E-state index in [2.05, 4.69) is 84.9 Å².